The van der Waals surface area contributed by atoms with Gasteiger partial charge < -0.3 is 15.5 Å². The van der Waals surface area contributed by atoms with Crippen molar-refractivity contribution in [2.24, 2.45) is 5.92 Å². The first kappa shape index (κ1) is 26.9. The monoisotopic (exact) mass is 519 g/mol. The minimum atomic E-state index is -4.86. The number of anilines is 2. The maximum Gasteiger partial charge on any atom is 0.423 e. The fourth-order valence-electron chi connectivity index (χ4n) is 3.63. The molecule has 1 amide bonds. The normalized spacial score (nSPS) is 16.2. The Morgan fingerprint density at radius 3 is 2.36 bits per heavy atom. The average Bonchev–Trinajstić information content (AvgIpc) is 2.80. The topological polar surface area (TPSA) is 116 Å². The van der Waals surface area contributed by atoms with E-state index in [0.717, 1.165) is 18.6 Å². The molecule has 1 atom stereocenters. The summed E-state index contributed by atoms with van der Waals surface area (Å²) in [7, 11) is 0. The van der Waals surface area contributed by atoms with E-state index < -0.39 is 40.8 Å². The van der Waals surface area contributed by atoms with E-state index in [1.807, 2.05) is 0 Å². The Balaban J connectivity index is 1.45. The number of aromatic amines is 1. The van der Waals surface area contributed by atoms with E-state index in [1.54, 1.807) is 23.0 Å². The summed E-state index contributed by atoms with van der Waals surface area (Å²) in [5.74, 6) is -0.363. The van der Waals surface area contributed by atoms with E-state index in [2.05, 4.69) is 25.7 Å². The van der Waals surface area contributed by atoms with Crippen molar-refractivity contribution in [3.63, 3.8) is 0 Å². The lowest BCUT2D eigenvalue weighted by Gasteiger charge is -2.31. The van der Waals surface area contributed by atoms with Crippen LogP contribution in [0, 0.1) is 5.92 Å². The van der Waals surface area contributed by atoms with Gasteiger partial charge in [-0.25, -0.2) is 15.1 Å². The summed E-state index contributed by atoms with van der Waals surface area (Å²) in [6.07, 6.45) is -3.06. The van der Waals surface area contributed by atoms with Crippen LogP contribution in [0.25, 0.3) is 0 Å². The number of halogens is 6. The van der Waals surface area contributed by atoms with Crippen molar-refractivity contribution < 1.29 is 31.1 Å². The highest BCUT2D eigenvalue weighted by Crippen LogP contribution is 2.32. The van der Waals surface area contributed by atoms with Gasteiger partial charge >= 0.3 is 12.4 Å². The predicted octanol–water partition coefficient (Wildman–Crippen LogP) is 2.99. The number of piperidine rings is 1. The van der Waals surface area contributed by atoms with Crippen LogP contribution in [-0.2, 0) is 17.1 Å². The van der Waals surface area contributed by atoms with Crippen molar-refractivity contribution in [1.82, 2.24) is 25.5 Å². The lowest BCUT2D eigenvalue weighted by Crippen LogP contribution is -2.41. The zero-order valence-electron chi connectivity index (χ0n) is 19.0. The zero-order valence-corrected chi connectivity index (χ0v) is 19.0. The Kier molecular flexibility index (Phi) is 8.20. The van der Waals surface area contributed by atoms with Gasteiger partial charge in [-0.1, -0.05) is 12.2 Å². The summed E-state index contributed by atoms with van der Waals surface area (Å²) in [4.78, 5) is 33.2. The van der Waals surface area contributed by atoms with Gasteiger partial charge in [0.25, 0.3) is 5.56 Å². The molecule has 1 aliphatic rings. The molecule has 1 unspecified atom stereocenters. The van der Waals surface area contributed by atoms with Crippen LogP contribution in [-0.4, -0.2) is 51.7 Å². The number of aromatic nitrogens is 4. The van der Waals surface area contributed by atoms with Gasteiger partial charge in [0, 0.05) is 44.0 Å². The molecule has 0 aromatic carbocycles. The molecule has 1 saturated heterocycles. The van der Waals surface area contributed by atoms with E-state index in [0.29, 0.717) is 25.9 Å². The molecule has 1 fully saturated rings. The van der Waals surface area contributed by atoms with Crippen molar-refractivity contribution in [3.05, 3.63) is 52.2 Å². The molecule has 0 spiro atoms. The number of nitrogens with one attached hydrogen (secondary N) is 3. The quantitative estimate of drug-likeness (QED) is 0.381. The van der Waals surface area contributed by atoms with Gasteiger partial charge in [-0.05, 0) is 19.8 Å². The SMILES string of the molecule is CC(/C=C/CNC(=O)C1CCN(c2ncc(C(F)(F)F)cn2)CC1)Nc1cn[nH]c(=O)c1C(F)(F)F. The van der Waals surface area contributed by atoms with Gasteiger partial charge in [-0.2, -0.15) is 31.4 Å². The first-order valence-corrected chi connectivity index (χ1v) is 10.9. The number of carbonyl (C=O) groups excluding carboxylic acids is 1. The molecular weight excluding hydrogens is 496 g/mol. The molecule has 3 N–H and O–H groups in total. The maximum absolute atomic E-state index is 13.1. The van der Waals surface area contributed by atoms with E-state index in [-0.39, 0.29) is 24.3 Å². The van der Waals surface area contributed by atoms with E-state index >= 15 is 0 Å². The molecule has 15 heteroatoms. The molecule has 0 bridgehead atoms. The molecule has 3 rings (SSSR count). The highest BCUT2D eigenvalue weighted by Gasteiger charge is 2.37. The number of alkyl halides is 6. The largest absolute Gasteiger partial charge is 0.423 e. The standard InChI is InChI=1S/C21H23F6N7O2/c1-12(32-15-11-31-33-18(36)16(15)21(25,26)27)3-2-6-28-17(35)13-4-7-34(8-5-13)19-29-9-14(10-30-19)20(22,23)24/h2-3,9-13H,4-8H2,1H3,(H,28,35)(H2,32,33,36)/b3-2+. The average molecular weight is 519 g/mol. The second-order valence-electron chi connectivity index (χ2n) is 8.12. The van der Waals surface area contributed by atoms with Crippen molar-refractivity contribution in [1.29, 1.82) is 0 Å². The molecule has 196 valence electrons. The number of hydrogen-bond acceptors (Lipinski definition) is 7. The van der Waals surface area contributed by atoms with Crippen LogP contribution in [0.5, 0.6) is 0 Å². The van der Waals surface area contributed by atoms with E-state index in [9.17, 15) is 35.9 Å². The molecule has 9 nitrogen and oxygen atoms in total. The molecule has 1 aliphatic heterocycles. The van der Waals surface area contributed by atoms with Crippen LogP contribution < -0.4 is 21.1 Å². The number of hydrogen-bond donors (Lipinski definition) is 3. The minimum absolute atomic E-state index is 0.132. The molecule has 2 aromatic rings. The lowest BCUT2D eigenvalue weighted by atomic mass is 9.96. The van der Waals surface area contributed by atoms with Crippen LogP contribution >= 0.6 is 0 Å². The van der Waals surface area contributed by atoms with Gasteiger partial charge in [0.05, 0.1) is 17.4 Å². The molecule has 36 heavy (non-hydrogen) atoms. The Bertz CT molecular complexity index is 1120. The molecular formula is C21H23F6N7O2. The highest BCUT2D eigenvalue weighted by molar-refractivity contribution is 5.79. The van der Waals surface area contributed by atoms with E-state index in [4.69, 9.17) is 0 Å². The highest BCUT2D eigenvalue weighted by atomic mass is 19.4. The summed E-state index contributed by atoms with van der Waals surface area (Å²) in [5, 5.41) is 10.4. The lowest BCUT2D eigenvalue weighted by molar-refractivity contribution is -0.139. The molecule has 0 saturated carbocycles. The molecule has 0 aliphatic carbocycles. The predicted molar refractivity (Wildman–Crippen MR) is 117 cm³/mol. The van der Waals surface area contributed by atoms with Crippen molar-refractivity contribution in [3.8, 4) is 0 Å². The van der Waals surface area contributed by atoms with Crippen LogP contribution in [0.2, 0.25) is 0 Å². The third-order valence-corrected chi connectivity index (χ3v) is 5.46. The second-order valence-corrected chi connectivity index (χ2v) is 8.12. The summed E-state index contributed by atoms with van der Waals surface area (Å²) >= 11 is 0. The second kappa shape index (κ2) is 11.0. The Labute approximate surface area is 201 Å². The van der Waals surface area contributed by atoms with E-state index in [1.165, 1.54) is 6.08 Å². The van der Waals surface area contributed by atoms with Crippen LogP contribution in [0.3, 0.4) is 0 Å². The first-order chi connectivity index (χ1) is 16.9. The summed E-state index contributed by atoms with van der Waals surface area (Å²) in [6, 6.07) is -0.599. The number of H-pyrrole nitrogens is 1. The third-order valence-electron chi connectivity index (χ3n) is 5.46. The fourth-order valence-corrected chi connectivity index (χ4v) is 3.63. The van der Waals surface area contributed by atoms with Gasteiger partial charge in [-0.15, -0.1) is 0 Å². The first-order valence-electron chi connectivity index (χ1n) is 10.9. The van der Waals surface area contributed by atoms with Crippen molar-refractivity contribution in [2.75, 3.05) is 29.9 Å². The van der Waals surface area contributed by atoms with Gasteiger partial charge in [0.2, 0.25) is 11.9 Å². The minimum Gasteiger partial charge on any atom is -0.377 e. The third kappa shape index (κ3) is 6.95. The Morgan fingerprint density at radius 1 is 1.14 bits per heavy atom. The zero-order chi connectivity index (χ0) is 26.5. The Hall–Kier alpha value is -3.65. The van der Waals surface area contributed by atoms with Gasteiger partial charge in [0.15, 0.2) is 0 Å². The summed E-state index contributed by atoms with van der Waals surface area (Å²) < 4.78 is 77.2. The fraction of sp³-hybridized carbons (Fsp3) is 0.476. The maximum atomic E-state index is 13.1. The van der Waals surface area contributed by atoms with Crippen LogP contribution in [0.15, 0.2) is 35.5 Å². The number of amides is 1. The summed E-state index contributed by atoms with van der Waals surface area (Å²) in [5.41, 5.74) is -4.13. The summed E-state index contributed by atoms with van der Waals surface area (Å²) in [6.45, 7) is 2.49. The van der Waals surface area contributed by atoms with Crippen molar-refractivity contribution in [2.45, 2.75) is 38.2 Å². The van der Waals surface area contributed by atoms with Gasteiger partial charge in [0.1, 0.15) is 5.56 Å². The molecule has 3 heterocycles. The van der Waals surface area contributed by atoms with Crippen LogP contribution in [0.1, 0.15) is 30.9 Å². The molecule has 2 aromatic heterocycles. The number of rotatable bonds is 7. The smallest absolute Gasteiger partial charge is 0.377 e. The van der Waals surface area contributed by atoms with Gasteiger partial charge in [-0.3, -0.25) is 9.59 Å². The number of carbonyl (C=O) groups is 1. The molecule has 0 radical (unpaired) electrons. The van der Waals surface area contributed by atoms with Crippen LogP contribution in [0.4, 0.5) is 38.0 Å². The Morgan fingerprint density at radius 2 is 1.78 bits per heavy atom. The number of nitrogens with zero attached hydrogens (tertiary/aromatic N) is 4. The van der Waals surface area contributed by atoms with Crippen molar-refractivity contribution >= 4 is 17.5 Å².